The molecule has 100 valence electrons. The van der Waals surface area contributed by atoms with Crippen molar-refractivity contribution >= 4 is 0 Å². The molecule has 4 nitrogen and oxygen atoms in total. The van der Waals surface area contributed by atoms with Crippen molar-refractivity contribution in [2.45, 2.75) is 25.0 Å². The Balaban J connectivity index is 2.23. The van der Waals surface area contributed by atoms with Crippen molar-refractivity contribution in [1.29, 1.82) is 0 Å². The Morgan fingerprint density at radius 1 is 1.50 bits per heavy atom. The van der Waals surface area contributed by atoms with Crippen LogP contribution >= 0.6 is 0 Å². The van der Waals surface area contributed by atoms with Crippen LogP contribution < -0.4 is 10.5 Å². The van der Waals surface area contributed by atoms with Gasteiger partial charge in [-0.05, 0) is 19.4 Å². The number of likely N-dealkylation sites (tertiary alicyclic amines) is 1. The Hall–Kier alpha value is -1.10. The Morgan fingerprint density at radius 3 is 2.78 bits per heavy atom. The Kier molecular flexibility index (Phi) is 3.90. The minimum Gasteiger partial charge on any atom is -0.496 e. The summed E-state index contributed by atoms with van der Waals surface area (Å²) in [6.07, 6.45) is 0.790. The van der Waals surface area contributed by atoms with Crippen molar-refractivity contribution in [2.75, 3.05) is 26.7 Å². The quantitative estimate of drug-likeness (QED) is 0.841. The third-order valence-corrected chi connectivity index (χ3v) is 3.64. The first kappa shape index (κ1) is 13.3. The maximum Gasteiger partial charge on any atom is 0.123 e. The highest BCUT2D eigenvalue weighted by molar-refractivity contribution is 5.36. The lowest BCUT2D eigenvalue weighted by Gasteiger charge is -2.29. The standard InChI is InChI=1S/C14H22N2O2/c1-14(17)7-8-16(10-14)12(9-15)11-5-3-4-6-13(11)18-2/h3-6,12,17H,7-10,15H2,1-2H3. The zero-order chi connectivity index (χ0) is 13.2. The second-order valence-electron chi connectivity index (χ2n) is 5.21. The van der Waals surface area contributed by atoms with Gasteiger partial charge in [0.15, 0.2) is 0 Å². The van der Waals surface area contributed by atoms with E-state index in [-0.39, 0.29) is 6.04 Å². The van der Waals surface area contributed by atoms with Gasteiger partial charge in [-0.15, -0.1) is 0 Å². The van der Waals surface area contributed by atoms with Gasteiger partial charge in [-0.2, -0.15) is 0 Å². The number of hydrogen-bond donors (Lipinski definition) is 2. The topological polar surface area (TPSA) is 58.7 Å². The Morgan fingerprint density at radius 2 is 2.22 bits per heavy atom. The van der Waals surface area contributed by atoms with Gasteiger partial charge in [0.05, 0.1) is 18.8 Å². The van der Waals surface area contributed by atoms with Crippen LogP contribution in [0.5, 0.6) is 5.75 Å². The smallest absolute Gasteiger partial charge is 0.123 e. The molecule has 1 aromatic carbocycles. The number of benzene rings is 1. The highest BCUT2D eigenvalue weighted by Gasteiger charge is 2.35. The van der Waals surface area contributed by atoms with Crippen LogP contribution in [0.15, 0.2) is 24.3 Å². The third-order valence-electron chi connectivity index (χ3n) is 3.64. The molecule has 1 aromatic rings. The molecule has 1 aliphatic rings. The van der Waals surface area contributed by atoms with Crippen LogP contribution in [0.1, 0.15) is 24.9 Å². The summed E-state index contributed by atoms with van der Waals surface area (Å²) in [7, 11) is 1.67. The van der Waals surface area contributed by atoms with Gasteiger partial charge in [0.1, 0.15) is 5.75 Å². The predicted molar refractivity (Wildman–Crippen MR) is 71.6 cm³/mol. The molecule has 0 radical (unpaired) electrons. The van der Waals surface area contributed by atoms with Crippen molar-refractivity contribution in [3.05, 3.63) is 29.8 Å². The maximum absolute atomic E-state index is 10.1. The molecule has 2 unspecified atom stereocenters. The Labute approximate surface area is 108 Å². The second-order valence-corrected chi connectivity index (χ2v) is 5.21. The van der Waals surface area contributed by atoms with Gasteiger partial charge in [-0.1, -0.05) is 18.2 Å². The average molecular weight is 250 g/mol. The summed E-state index contributed by atoms with van der Waals surface area (Å²) >= 11 is 0. The highest BCUT2D eigenvalue weighted by Crippen LogP contribution is 2.33. The molecule has 18 heavy (non-hydrogen) atoms. The van der Waals surface area contributed by atoms with Gasteiger partial charge in [0.2, 0.25) is 0 Å². The van der Waals surface area contributed by atoms with Crippen LogP contribution in [0.2, 0.25) is 0 Å². The number of β-amino-alcohol motifs (C(OH)–C–C–N with tert-alkyl or cyclic N) is 1. The van der Waals surface area contributed by atoms with Gasteiger partial charge >= 0.3 is 0 Å². The number of nitrogens with zero attached hydrogens (tertiary/aromatic N) is 1. The molecular weight excluding hydrogens is 228 g/mol. The zero-order valence-electron chi connectivity index (χ0n) is 11.1. The minimum atomic E-state index is -0.602. The normalized spacial score (nSPS) is 26.2. The van der Waals surface area contributed by atoms with E-state index in [0.717, 1.165) is 24.3 Å². The summed E-state index contributed by atoms with van der Waals surface area (Å²) in [5, 5.41) is 10.1. The monoisotopic (exact) mass is 250 g/mol. The number of rotatable bonds is 4. The van der Waals surface area contributed by atoms with E-state index in [9.17, 15) is 5.11 Å². The molecule has 0 amide bonds. The van der Waals surface area contributed by atoms with Crippen LogP contribution in [0.3, 0.4) is 0 Å². The van der Waals surface area contributed by atoms with Crippen LogP contribution in [0, 0.1) is 0 Å². The summed E-state index contributed by atoms with van der Waals surface area (Å²) in [5.41, 5.74) is 6.41. The molecular formula is C14H22N2O2. The summed E-state index contributed by atoms with van der Waals surface area (Å²) in [5.74, 6) is 0.861. The van der Waals surface area contributed by atoms with Crippen LogP contribution in [-0.4, -0.2) is 42.4 Å². The highest BCUT2D eigenvalue weighted by atomic mass is 16.5. The minimum absolute atomic E-state index is 0.107. The van der Waals surface area contributed by atoms with E-state index in [1.807, 2.05) is 31.2 Å². The van der Waals surface area contributed by atoms with Gasteiger partial charge in [-0.25, -0.2) is 0 Å². The fraction of sp³-hybridized carbons (Fsp3) is 0.571. The molecule has 1 fully saturated rings. The summed E-state index contributed by atoms with van der Waals surface area (Å²) < 4.78 is 5.39. The van der Waals surface area contributed by atoms with Crippen LogP contribution in [-0.2, 0) is 0 Å². The van der Waals surface area contributed by atoms with Gasteiger partial charge in [-0.3, -0.25) is 4.90 Å². The second kappa shape index (κ2) is 5.26. The summed E-state index contributed by atoms with van der Waals surface area (Å²) in [6, 6.07) is 8.05. The molecule has 0 saturated carbocycles. The van der Waals surface area contributed by atoms with Crippen LogP contribution in [0.4, 0.5) is 0 Å². The van der Waals surface area contributed by atoms with E-state index < -0.39 is 5.60 Å². The lowest BCUT2D eigenvalue weighted by atomic mass is 10.0. The van der Waals surface area contributed by atoms with E-state index in [4.69, 9.17) is 10.5 Å². The van der Waals surface area contributed by atoms with E-state index >= 15 is 0 Å². The fourth-order valence-electron chi connectivity index (χ4n) is 2.66. The number of hydrogen-bond acceptors (Lipinski definition) is 4. The SMILES string of the molecule is COc1ccccc1C(CN)N1CCC(C)(O)C1. The number of para-hydroxylation sites is 1. The number of nitrogens with two attached hydrogens (primary N) is 1. The van der Waals surface area contributed by atoms with Gasteiger partial charge in [0.25, 0.3) is 0 Å². The maximum atomic E-state index is 10.1. The third kappa shape index (κ3) is 2.66. The van der Waals surface area contributed by atoms with Gasteiger partial charge in [0, 0.05) is 25.2 Å². The number of methoxy groups -OCH3 is 1. The summed E-state index contributed by atoms with van der Waals surface area (Å²) in [6.45, 7) is 3.93. The molecule has 2 atom stereocenters. The first-order valence-electron chi connectivity index (χ1n) is 6.37. The molecule has 0 spiro atoms. The van der Waals surface area contributed by atoms with E-state index in [1.165, 1.54) is 0 Å². The lowest BCUT2D eigenvalue weighted by Crippen LogP contribution is -2.35. The molecule has 0 bridgehead atoms. The Bertz CT molecular complexity index is 407. The summed E-state index contributed by atoms with van der Waals surface area (Å²) in [4.78, 5) is 2.23. The van der Waals surface area contributed by atoms with E-state index in [0.29, 0.717) is 13.1 Å². The molecule has 3 N–H and O–H groups in total. The molecule has 4 heteroatoms. The lowest BCUT2D eigenvalue weighted by molar-refractivity contribution is 0.0624. The van der Waals surface area contributed by atoms with Crippen molar-refractivity contribution in [3.8, 4) is 5.75 Å². The van der Waals surface area contributed by atoms with E-state index in [1.54, 1.807) is 7.11 Å². The molecule has 1 heterocycles. The fourth-order valence-corrected chi connectivity index (χ4v) is 2.66. The largest absolute Gasteiger partial charge is 0.496 e. The first-order valence-corrected chi connectivity index (χ1v) is 6.37. The zero-order valence-corrected chi connectivity index (χ0v) is 11.1. The van der Waals surface area contributed by atoms with Crippen LogP contribution in [0.25, 0.3) is 0 Å². The molecule has 0 aromatic heterocycles. The van der Waals surface area contributed by atoms with E-state index in [2.05, 4.69) is 4.90 Å². The number of aliphatic hydroxyl groups is 1. The first-order chi connectivity index (χ1) is 8.57. The number of ether oxygens (including phenoxy) is 1. The van der Waals surface area contributed by atoms with Gasteiger partial charge < -0.3 is 15.6 Å². The van der Waals surface area contributed by atoms with Crippen molar-refractivity contribution in [3.63, 3.8) is 0 Å². The predicted octanol–water partition coefficient (Wildman–Crippen LogP) is 1.15. The van der Waals surface area contributed by atoms with Crippen molar-refractivity contribution in [1.82, 2.24) is 4.90 Å². The molecule has 2 rings (SSSR count). The average Bonchev–Trinajstić information content (AvgIpc) is 2.71. The molecule has 1 aliphatic heterocycles. The van der Waals surface area contributed by atoms with Crippen molar-refractivity contribution < 1.29 is 9.84 Å². The molecule has 0 aliphatic carbocycles. The van der Waals surface area contributed by atoms with Crippen molar-refractivity contribution in [2.24, 2.45) is 5.73 Å². The molecule has 1 saturated heterocycles.